The van der Waals surface area contributed by atoms with Gasteiger partial charge in [-0.3, -0.25) is 4.79 Å². The summed E-state index contributed by atoms with van der Waals surface area (Å²) in [6, 6.07) is 8.32. The molecule has 2 aromatic carbocycles. The van der Waals surface area contributed by atoms with Crippen molar-refractivity contribution in [3.63, 3.8) is 0 Å². The zero-order valence-electron chi connectivity index (χ0n) is 9.59. The Morgan fingerprint density at radius 3 is 2.37 bits per heavy atom. The lowest BCUT2D eigenvalue weighted by Gasteiger charge is -2.05. The maximum absolute atomic E-state index is 13.1. The molecule has 2 aromatic rings. The highest BCUT2D eigenvalue weighted by Crippen LogP contribution is 2.22. The molecule has 0 saturated carbocycles. The van der Waals surface area contributed by atoms with Crippen molar-refractivity contribution in [2.75, 3.05) is 0 Å². The summed E-state index contributed by atoms with van der Waals surface area (Å²) in [5, 5.41) is 0. The summed E-state index contributed by atoms with van der Waals surface area (Å²) in [6.45, 7) is 0. The molecule has 19 heavy (non-hydrogen) atoms. The van der Waals surface area contributed by atoms with E-state index in [2.05, 4.69) is 31.9 Å². The van der Waals surface area contributed by atoms with Crippen molar-refractivity contribution in [3.8, 4) is 0 Å². The summed E-state index contributed by atoms with van der Waals surface area (Å²) in [6.07, 6.45) is 0.128. The van der Waals surface area contributed by atoms with Crippen molar-refractivity contribution < 1.29 is 13.6 Å². The predicted octanol–water partition coefficient (Wildman–Crippen LogP) is 4.92. The largest absolute Gasteiger partial charge is 0.294 e. The second-order valence-electron chi connectivity index (χ2n) is 3.97. The number of carbonyl (C=O) groups excluding carboxylic acids is 1. The second kappa shape index (κ2) is 5.92. The molecule has 1 nitrogen and oxygen atoms in total. The minimum atomic E-state index is -0.409. The van der Waals surface area contributed by atoms with Gasteiger partial charge in [0.25, 0.3) is 0 Å². The van der Waals surface area contributed by atoms with Crippen molar-refractivity contribution in [3.05, 3.63) is 68.1 Å². The summed E-state index contributed by atoms with van der Waals surface area (Å²) in [4.78, 5) is 12.1. The van der Waals surface area contributed by atoms with Gasteiger partial charge in [0.1, 0.15) is 11.6 Å². The molecule has 0 atom stereocenters. The number of benzene rings is 2. The van der Waals surface area contributed by atoms with Crippen LogP contribution in [0, 0.1) is 11.6 Å². The lowest BCUT2D eigenvalue weighted by Crippen LogP contribution is -2.05. The first-order chi connectivity index (χ1) is 8.97. The maximum Gasteiger partial charge on any atom is 0.168 e. The molecule has 2 rings (SSSR count). The van der Waals surface area contributed by atoms with Crippen LogP contribution < -0.4 is 0 Å². The van der Waals surface area contributed by atoms with Crippen LogP contribution in [0.3, 0.4) is 0 Å². The highest BCUT2D eigenvalue weighted by atomic mass is 79.9. The van der Waals surface area contributed by atoms with Crippen LogP contribution in [0.5, 0.6) is 0 Å². The molecular formula is C14H8Br2F2O. The normalized spacial score (nSPS) is 10.5. The van der Waals surface area contributed by atoms with Crippen molar-refractivity contribution in [1.82, 2.24) is 0 Å². The summed E-state index contributed by atoms with van der Waals surface area (Å²) in [5.41, 5.74) is 1.09. The Morgan fingerprint density at radius 2 is 1.74 bits per heavy atom. The van der Waals surface area contributed by atoms with E-state index < -0.39 is 5.82 Å². The number of rotatable bonds is 3. The first-order valence-corrected chi connectivity index (χ1v) is 6.98. The number of hydrogen-bond acceptors (Lipinski definition) is 1. The Morgan fingerprint density at radius 1 is 1.00 bits per heavy atom. The molecule has 0 aliphatic rings. The van der Waals surface area contributed by atoms with Crippen LogP contribution in [-0.4, -0.2) is 5.78 Å². The molecule has 98 valence electrons. The number of Topliss-reactive ketones (excluding diaryl/α,β-unsaturated/α-hetero) is 1. The molecule has 0 amide bonds. The monoisotopic (exact) mass is 388 g/mol. The highest BCUT2D eigenvalue weighted by Gasteiger charge is 2.12. The Balaban J connectivity index is 2.23. The molecule has 0 radical (unpaired) electrons. The number of ketones is 1. The fourth-order valence-corrected chi connectivity index (χ4v) is 2.64. The molecule has 0 aliphatic carbocycles. The molecule has 0 fully saturated rings. The van der Waals surface area contributed by atoms with Gasteiger partial charge in [-0.1, -0.05) is 6.07 Å². The Labute approximate surface area is 125 Å². The molecule has 0 aromatic heterocycles. The Bertz CT molecular complexity index is 641. The fraction of sp³-hybridized carbons (Fsp3) is 0.0714. The van der Waals surface area contributed by atoms with E-state index in [0.717, 1.165) is 0 Å². The fourth-order valence-electron chi connectivity index (χ4n) is 1.65. The summed E-state index contributed by atoms with van der Waals surface area (Å²) >= 11 is 6.23. The van der Waals surface area contributed by atoms with E-state index in [1.807, 2.05) is 0 Å². The molecule has 0 heterocycles. The Hall–Kier alpha value is -1.07. The van der Waals surface area contributed by atoms with Gasteiger partial charge in [-0.2, -0.15) is 0 Å². The number of halogens is 4. The van der Waals surface area contributed by atoms with Crippen LogP contribution in [-0.2, 0) is 6.42 Å². The standard InChI is InChI=1S/C14H8Br2F2O/c15-11-7-9(17)2-3-10(11)14(19)6-8-1-4-13(18)12(16)5-8/h1-5,7H,6H2. The minimum absolute atomic E-state index is 0.128. The number of hydrogen-bond donors (Lipinski definition) is 0. The quantitative estimate of drug-likeness (QED) is 0.681. The molecule has 5 heteroatoms. The van der Waals surface area contributed by atoms with Crippen LogP contribution in [0.1, 0.15) is 15.9 Å². The van der Waals surface area contributed by atoms with Crippen LogP contribution in [0.15, 0.2) is 45.3 Å². The van der Waals surface area contributed by atoms with E-state index in [-0.39, 0.29) is 18.0 Å². The lowest BCUT2D eigenvalue weighted by atomic mass is 10.0. The molecule has 0 saturated heterocycles. The van der Waals surface area contributed by atoms with Crippen molar-refractivity contribution in [1.29, 1.82) is 0 Å². The molecule has 0 bridgehead atoms. The van der Waals surface area contributed by atoms with E-state index in [0.29, 0.717) is 20.1 Å². The Kier molecular flexibility index (Phi) is 4.47. The van der Waals surface area contributed by atoms with Gasteiger partial charge in [0.15, 0.2) is 5.78 Å². The van der Waals surface area contributed by atoms with E-state index in [1.54, 1.807) is 12.1 Å². The second-order valence-corrected chi connectivity index (χ2v) is 5.68. The van der Waals surface area contributed by atoms with E-state index in [1.165, 1.54) is 24.3 Å². The van der Waals surface area contributed by atoms with E-state index >= 15 is 0 Å². The van der Waals surface area contributed by atoms with Crippen molar-refractivity contribution in [2.24, 2.45) is 0 Å². The summed E-state index contributed by atoms with van der Waals surface area (Å²) < 4.78 is 26.8. The minimum Gasteiger partial charge on any atom is -0.294 e. The van der Waals surface area contributed by atoms with Gasteiger partial charge in [0.05, 0.1) is 4.47 Å². The van der Waals surface area contributed by atoms with Gasteiger partial charge in [0, 0.05) is 16.5 Å². The topological polar surface area (TPSA) is 17.1 Å². The molecule has 0 N–H and O–H groups in total. The third-order valence-electron chi connectivity index (χ3n) is 2.58. The summed E-state index contributed by atoms with van der Waals surface area (Å²) in [5.74, 6) is -0.947. The smallest absolute Gasteiger partial charge is 0.168 e. The van der Waals surface area contributed by atoms with Crippen LogP contribution >= 0.6 is 31.9 Å². The predicted molar refractivity (Wildman–Crippen MR) is 76.2 cm³/mol. The zero-order chi connectivity index (χ0) is 14.0. The molecular weight excluding hydrogens is 382 g/mol. The first-order valence-electron chi connectivity index (χ1n) is 5.39. The van der Waals surface area contributed by atoms with Gasteiger partial charge in [0.2, 0.25) is 0 Å². The first kappa shape index (κ1) is 14.3. The van der Waals surface area contributed by atoms with E-state index in [4.69, 9.17) is 0 Å². The SMILES string of the molecule is O=C(Cc1ccc(F)c(Br)c1)c1ccc(F)cc1Br. The highest BCUT2D eigenvalue weighted by molar-refractivity contribution is 9.10. The van der Waals surface area contributed by atoms with Crippen LogP contribution in [0.25, 0.3) is 0 Å². The summed E-state index contributed by atoms with van der Waals surface area (Å²) in [7, 11) is 0. The third-order valence-corrected chi connectivity index (χ3v) is 3.84. The average Bonchev–Trinajstić information content (AvgIpc) is 2.33. The van der Waals surface area contributed by atoms with Gasteiger partial charge < -0.3 is 0 Å². The average molecular weight is 390 g/mol. The number of carbonyl (C=O) groups is 1. The van der Waals surface area contributed by atoms with Gasteiger partial charge in [-0.15, -0.1) is 0 Å². The van der Waals surface area contributed by atoms with Gasteiger partial charge in [-0.05, 0) is 67.8 Å². The maximum atomic E-state index is 13.1. The van der Waals surface area contributed by atoms with E-state index in [9.17, 15) is 13.6 Å². The van der Waals surface area contributed by atoms with Gasteiger partial charge >= 0.3 is 0 Å². The third kappa shape index (κ3) is 3.48. The molecule has 0 aliphatic heterocycles. The van der Waals surface area contributed by atoms with Crippen molar-refractivity contribution in [2.45, 2.75) is 6.42 Å². The van der Waals surface area contributed by atoms with Crippen LogP contribution in [0.4, 0.5) is 8.78 Å². The zero-order valence-corrected chi connectivity index (χ0v) is 12.8. The van der Waals surface area contributed by atoms with Crippen LogP contribution in [0.2, 0.25) is 0 Å². The van der Waals surface area contributed by atoms with Crippen molar-refractivity contribution >= 4 is 37.6 Å². The lowest BCUT2D eigenvalue weighted by molar-refractivity contribution is 0.0992. The molecule has 0 spiro atoms. The van der Waals surface area contributed by atoms with Gasteiger partial charge in [-0.25, -0.2) is 8.78 Å². The molecule has 0 unspecified atom stereocenters.